The Morgan fingerprint density at radius 3 is 2.55 bits per heavy atom. The number of rotatable bonds is 5. The summed E-state index contributed by atoms with van der Waals surface area (Å²) in [5.41, 5.74) is 0. The third kappa shape index (κ3) is 7.18. The molecule has 0 aliphatic heterocycles. The van der Waals surface area contributed by atoms with Crippen molar-refractivity contribution >= 4 is 5.97 Å². The van der Waals surface area contributed by atoms with Crippen molar-refractivity contribution in [3.8, 4) is 0 Å². The highest BCUT2D eigenvalue weighted by Gasteiger charge is 2.10. The van der Waals surface area contributed by atoms with Crippen molar-refractivity contribution in [2.75, 3.05) is 0 Å². The molecule has 66 valence electrons. The van der Waals surface area contributed by atoms with E-state index in [1.54, 1.807) is 0 Å². The van der Waals surface area contributed by atoms with Gasteiger partial charge in [-0.2, -0.15) is 8.78 Å². The maximum atomic E-state index is 11.4. The minimum absolute atomic E-state index is 0.111. The van der Waals surface area contributed by atoms with Gasteiger partial charge in [0.1, 0.15) is 0 Å². The van der Waals surface area contributed by atoms with Crippen molar-refractivity contribution in [2.24, 2.45) is 0 Å². The SMILES string of the molecule is C[C@@H](CCC(=O)O)OC(F)F. The fourth-order valence-electron chi connectivity index (χ4n) is 0.570. The fourth-order valence-corrected chi connectivity index (χ4v) is 0.570. The second-order valence-corrected chi connectivity index (χ2v) is 2.14. The lowest BCUT2D eigenvalue weighted by molar-refractivity contribution is -0.162. The van der Waals surface area contributed by atoms with Gasteiger partial charge in [-0.3, -0.25) is 4.79 Å². The molecule has 0 aliphatic rings. The van der Waals surface area contributed by atoms with Crippen molar-refractivity contribution in [3.63, 3.8) is 0 Å². The third-order valence-electron chi connectivity index (χ3n) is 1.10. The molecular formula is C6H10F2O3. The maximum Gasteiger partial charge on any atom is 0.345 e. The lowest BCUT2D eigenvalue weighted by atomic mass is 10.2. The molecule has 0 bridgehead atoms. The van der Waals surface area contributed by atoms with Crippen LogP contribution in [0.2, 0.25) is 0 Å². The first kappa shape index (κ1) is 10.3. The Morgan fingerprint density at radius 1 is 1.64 bits per heavy atom. The molecular weight excluding hydrogens is 158 g/mol. The molecule has 3 nitrogen and oxygen atoms in total. The van der Waals surface area contributed by atoms with Crippen LogP contribution in [0.1, 0.15) is 19.8 Å². The third-order valence-corrected chi connectivity index (χ3v) is 1.10. The maximum absolute atomic E-state index is 11.4. The van der Waals surface area contributed by atoms with Gasteiger partial charge in [-0.15, -0.1) is 0 Å². The molecule has 0 fully saturated rings. The molecule has 0 rings (SSSR count). The monoisotopic (exact) mass is 168 g/mol. The quantitative estimate of drug-likeness (QED) is 0.676. The van der Waals surface area contributed by atoms with E-state index in [2.05, 4.69) is 4.74 Å². The number of carboxylic acid groups (broad SMARTS) is 1. The normalized spacial score (nSPS) is 13.5. The first-order chi connectivity index (χ1) is 5.02. The number of carbonyl (C=O) groups is 1. The van der Waals surface area contributed by atoms with E-state index in [-0.39, 0.29) is 12.8 Å². The van der Waals surface area contributed by atoms with E-state index in [1.807, 2.05) is 0 Å². The molecule has 11 heavy (non-hydrogen) atoms. The van der Waals surface area contributed by atoms with Crippen molar-refractivity contribution in [1.82, 2.24) is 0 Å². The van der Waals surface area contributed by atoms with Crippen LogP contribution in [0.4, 0.5) is 8.78 Å². The van der Waals surface area contributed by atoms with Crippen molar-refractivity contribution in [2.45, 2.75) is 32.5 Å². The van der Waals surface area contributed by atoms with Crippen LogP contribution >= 0.6 is 0 Å². The van der Waals surface area contributed by atoms with E-state index in [0.717, 1.165) is 0 Å². The highest BCUT2D eigenvalue weighted by molar-refractivity contribution is 5.66. The van der Waals surface area contributed by atoms with Gasteiger partial charge >= 0.3 is 12.6 Å². The first-order valence-electron chi connectivity index (χ1n) is 3.17. The minimum atomic E-state index is -2.82. The second-order valence-electron chi connectivity index (χ2n) is 2.14. The summed E-state index contributed by atoms with van der Waals surface area (Å²) in [5, 5.41) is 8.15. The topological polar surface area (TPSA) is 46.5 Å². The molecule has 0 saturated carbocycles. The van der Waals surface area contributed by atoms with Crippen LogP contribution in [-0.2, 0) is 9.53 Å². The smallest absolute Gasteiger partial charge is 0.345 e. The van der Waals surface area contributed by atoms with Crippen molar-refractivity contribution in [1.29, 1.82) is 0 Å². The summed E-state index contributed by atoms with van der Waals surface area (Å²) in [5.74, 6) is -1.00. The van der Waals surface area contributed by atoms with Gasteiger partial charge in [-0.25, -0.2) is 0 Å². The Morgan fingerprint density at radius 2 is 2.18 bits per heavy atom. The van der Waals surface area contributed by atoms with Crippen LogP contribution in [0.25, 0.3) is 0 Å². The Hall–Kier alpha value is -0.710. The fraction of sp³-hybridized carbons (Fsp3) is 0.833. The summed E-state index contributed by atoms with van der Waals surface area (Å²) in [6.45, 7) is -1.41. The number of hydrogen-bond acceptors (Lipinski definition) is 2. The van der Waals surface area contributed by atoms with E-state index >= 15 is 0 Å². The van der Waals surface area contributed by atoms with Crippen LogP contribution in [0.15, 0.2) is 0 Å². The Labute approximate surface area is 63.0 Å². The summed E-state index contributed by atoms with van der Waals surface area (Å²) in [4.78, 5) is 9.95. The van der Waals surface area contributed by atoms with Crippen molar-refractivity contribution < 1.29 is 23.4 Å². The Kier molecular flexibility index (Phi) is 4.69. The number of alkyl halides is 2. The predicted octanol–water partition coefficient (Wildman–Crippen LogP) is 1.48. The number of halogens is 2. The summed E-state index contributed by atoms with van der Waals surface area (Å²) in [7, 11) is 0. The zero-order valence-corrected chi connectivity index (χ0v) is 6.09. The Bertz CT molecular complexity index is 127. The van der Waals surface area contributed by atoms with Gasteiger partial charge in [-0.1, -0.05) is 0 Å². The van der Waals surface area contributed by atoms with Gasteiger partial charge in [0.05, 0.1) is 6.10 Å². The molecule has 0 unspecified atom stereocenters. The molecule has 1 atom stereocenters. The zero-order valence-electron chi connectivity index (χ0n) is 6.09. The molecule has 0 aromatic carbocycles. The predicted molar refractivity (Wildman–Crippen MR) is 33.4 cm³/mol. The Balaban J connectivity index is 3.37. The van der Waals surface area contributed by atoms with E-state index in [4.69, 9.17) is 5.11 Å². The summed E-state index contributed by atoms with van der Waals surface area (Å²) >= 11 is 0. The number of aliphatic carboxylic acids is 1. The van der Waals surface area contributed by atoms with Gasteiger partial charge in [0, 0.05) is 6.42 Å². The van der Waals surface area contributed by atoms with Crippen LogP contribution in [0, 0.1) is 0 Å². The van der Waals surface area contributed by atoms with Crippen LogP contribution in [0.5, 0.6) is 0 Å². The standard InChI is InChI=1S/C6H10F2O3/c1-4(11-6(7)8)2-3-5(9)10/h4,6H,2-3H2,1H3,(H,9,10)/t4-/m0/s1. The molecule has 0 saturated heterocycles. The summed E-state index contributed by atoms with van der Waals surface area (Å²) in [6.07, 6.45) is -0.737. The van der Waals surface area contributed by atoms with E-state index < -0.39 is 18.7 Å². The molecule has 0 aromatic rings. The number of hydrogen-bond donors (Lipinski definition) is 1. The zero-order chi connectivity index (χ0) is 8.85. The average Bonchev–Trinajstić information content (AvgIpc) is 1.82. The molecule has 0 aliphatic carbocycles. The molecule has 0 spiro atoms. The highest BCUT2D eigenvalue weighted by Crippen LogP contribution is 2.06. The van der Waals surface area contributed by atoms with Gasteiger partial charge in [0.15, 0.2) is 0 Å². The summed E-state index contributed by atoms with van der Waals surface area (Å²) < 4.78 is 26.9. The summed E-state index contributed by atoms with van der Waals surface area (Å²) in [6, 6.07) is 0. The lowest BCUT2D eigenvalue weighted by Gasteiger charge is -2.09. The van der Waals surface area contributed by atoms with Gasteiger partial charge in [0.2, 0.25) is 0 Å². The molecule has 1 N–H and O–H groups in total. The lowest BCUT2D eigenvalue weighted by Crippen LogP contribution is -2.13. The molecule has 5 heteroatoms. The molecule has 0 radical (unpaired) electrons. The first-order valence-corrected chi connectivity index (χ1v) is 3.17. The van der Waals surface area contributed by atoms with Crippen molar-refractivity contribution in [3.05, 3.63) is 0 Å². The van der Waals surface area contributed by atoms with Gasteiger partial charge < -0.3 is 9.84 Å². The van der Waals surface area contributed by atoms with Gasteiger partial charge in [-0.05, 0) is 13.3 Å². The molecule has 0 heterocycles. The molecule has 0 aromatic heterocycles. The van der Waals surface area contributed by atoms with Crippen LogP contribution < -0.4 is 0 Å². The van der Waals surface area contributed by atoms with Gasteiger partial charge in [0.25, 0.3) is 0 Å². The van der Waals surface area contributed by atoms with Crippen LogP contribution in [0.3, 0.4) is 0 Å². The minimum Gasteiger partial charge on any atom is -0.481 e. The number of carboxylic acids is 1. The molecule has 0 amide bonds. The number of ether oxygens (including phenoxy) is 1. The van der Waals surface area contributed by atoms with E-state index in [9.17, 15) is 13.6 Å². The van der Waals surface area contributed by atoms with E-state index in [1.165, 1.54) is 6.92 Å². The second kappa shape index (κ2) is 5.01. The largest absolute Gasteiger partial charge is 0.481 e. The van der Waals surface area contributed by atoms with Crippen LogP contribution in [-0.4, -0.2) is 23.8 Å². The average molecular weight is 168 g/mol. The highest BCUT2D eigenvalue weighted by atomic mass is 19.3. The van der Waals surface area contributed by atoms with E-state index in [0.29, 0.717) is 0 Å².